The lowest BCUT2D eigenvalue weighted by molar-refractivity contribution is 0.104. The zero-order valence-electron chi connectivity index (χ0n) is 12.0. The molecule has 1 atom stereocenters. The summed E-state index contributed by atoms with van der Waals surface area (Å²) in [5, 5.41) is 15.1. The Balaban J connectivity index is 1.70. The normalized spacial score (nSPS) is 12.3. The second-order valence-electron chi connectivity index (χ2n) is 4.75. The number of benzene rings is 1. The van der Waals surface area contributed by atoms with E-state index in [9.17, 15) is 9.50 Å². The van der Waals surface area contributed by atoms with E-state index in [-0.39, 0.29) is 12.4 Å². The quantitative estimate of drug-likeness (QED) is 0.788. The molecule has 1 unspecified atom stereocenters. The summed E-state index contributed by atoms with van der Waals surface area (Å²) in [6, 6.07) is 8.32. The van der Waals surface area contributed by atoms with Gasteiger partial charge in [0.25, 0.3) is 0 Å². The van der Waals surface area contributed by atoms with Crippen LogP contribution in [0.5, 0.6) is 5.75 Å². The van der Waals surface area contributed by atoms with Crippen LogP contribution < -0.4 is 10.1 Å². The number of ether oxygens (including phenoxy) is 1. The van der Waals surface area contributed by atoms with Crippen LogP contribution in [0.4, 0.5) is 4.39 Å². The maximum absolute atomic E-state index is 13.3. The van der Waals surface area contributed by atoms with Gasteiger partial charge in [0, 0.05) is 18.0 Å². The highest BCUT2D eigenvalue weighted by Gasteiger charge is 2.08. The number of nitrogens with one attached hydrogen (secondary N) is 1. The topological polar surface area (TPSA) is 41.5 Å². The van der Waals surface area contributed by atoms with Crippen LogP contribution in [0.3, 0.4) is 0 Å². The Bertz CT molecular complexity index is 559. The Morgan fingerprint density at radius 3 is 2.90 bits per heavy atom. The van der Waals surface area contributed by atoms with E-state index in [0.29, 0.717) is 6.54 Å². The van der Waals surface area contributed by atoms with E-state index < -0.39 is 11.9 Å². The zero-order chi connectivity index (χ0) is 15.1. The molecule has 1 heterocycles. The lowest BCUT2D eigenvalue weighted by atomic mass is 10.2. The van der Waals surface area contributed by atoms with Crippen LogP contribution in [0.15, 0.2) is 35.7 Å². The first-order chi connectivity index (χ1) is 10.2. The highest BCUT2D eigenvalue weighted by atomic mass is 32.1. The second-order valence-corrected chi connectivity index (χ2v) is 5.75. The van der Waals surface area contributed by atoms with E-state index in [4.69, 9.17) is 4.74 Å². The van der Waals surface area contributed by atoms with Gasteiger partial charge in [-0.25, -0.2) is 4.39 Å². The molecule has 0 spiro atoms. The molecule has 0 amide bonds. The molecule has 0 aliphatic rings. The second kappa shape index (κ2) is 8.12. The molecule has 0 bridgehead atoms. The summed E-state index contributed by atoms with van der Waals surface area (Å²) < 4.78 is 18.6. The third kappa shape index (κ3) is 4.81. The standard InChI is InChI=1S/C16H20FNO2S/c1-2-12-7-8-21-16(12)10-18-9-13(19)11-20-15-6-4-3-5-14(15)17/h3-8,13,18-19H,2,9-11H2,1H3. The van der Waals surface area contributed by atoms with Crippen molar-refractivity contribution < 1.29 is 14.2 Å². The minimum absolute atomic E-state index is 0.0685. The summed E-state index contributed by atoms with van der Waals surface area (Å²) in [7, 11) is 0. The molecule has 114 valence electrons. The molecule has 2 N–H and O–H groups in total. The average molecular weight is 309 g/mol. The van der Waals surface area contributed by atoms with Crippen LogP contribution in [0.25, 0.3) is 0 Å². The van der Waals surface area contributed by atoms with Gasteiger partial charge in [-0.2, -0.15) is 0 Å². The van der Waals surface area contributed by atoms with Crippen molar-refractivity contribution in [3.8, 4) is 5.75 Å². The van der Waals surface area contributed by atoms with E-state index in [1.165, 1.54) is 16.5 Å². The fourth-order valence-electron chi connectivity index (χ4n) is 2.00. The third-order valence-electron chi connectivity index (χ3n) is 3.15. The maximum atomic E-state index is 13.3. The minimum Gasteiger partial charge on any atom is -0.488 e. The number of thiophene rings is 1. The van der Waals surface area contributed by atoms with Gasteiger partial charge in [0.05, 0.1) is 0 Å². The minimum atomic E-state index is -0.672. The number of halogens is 1. The molecule has 0 saturated carbocycles. The third-order valence-corrected chi connectivity index (χ3v) is 4.12. The molecule has 3 nitrogen and oxygen atoms in total. The molecular formula is C16H20FNO2S. The van der Waals surface area contributed by atoms with Crippen molar-refractivity contribution in [3.63, 3.8) is 0 Å². The zero-order valence-corrected chi connectivity index (χ0v) is 12.8. The average Bonchev–Trinajstić information content (AvgIpc) is 2.94. The van der Waals surface area contributed by atoms with Crippen molar-refractivity contribution >= 4 is 11.3 Å². The molecular weight excluding hydrogens is 289 g/mol. The Kier molecular flexibility index (Phi) is 6.17. The van der Waals surface area contributed by atoms with Gasteiger partial charge in [-0.1, -0.05) is 19.1 Å². The van der Waals surface area contributed by atoms with Crippen molar-refractivity contribution in [2.24, 2.45) is 0 Å². The molecule has 5 heteroatoms. The molecule has 0 saturated heterocycles. The number of hydrogen-bond acceptors (Lipinski definition) is 4. The summed E-state index contributed by atoms with van der Waals surface area (Å²) in [6.07, 6.45) is 0.342. The number of aliphatic hydroxyl groups excluding tert-OH is 1. The first-order valence-corrected chi connectivity index (χ1v) is 7.90. The van der Waals surface area contributed by atoms with E-state index in [1.807, 2.05) is 0 Å². The van der Waals surface area contributed by atoms with Gasteiger partial charge < -0.3 is 15.2 Å². The van der Waals surface area contributed by atoms with E-state index in [2.05, 4.69) is 23.7 Å². The molecule has 1 aromatic heterocycles. The number of hydrogen-bond donors (Lipinski definition) is 2. The molecule has 2 aromatic rings. The van der Waals surface area contributed by atoms with Crippen LogP contribution in [-0.4, -0.2) is 24.4 Å². The summed E-state index contributed by atoms with van der Waals surface area (Å²) >= 11 is 1.71. The first-order valence-electron chi connectivity index (χ1n) is 7.02. The number of aliphatic hydroxyl groups is 1. The van der Waals surface area contributed by atoms with E-state index in [1.54, 1.807) is 29.5 Å². The molecule has 0 fully saturated rings. The fraction of sp³-hybridized carbons (Fsp3) is 0.375. The van der Waals surface area contributed by atoms with Gasteiger partial charge in [-0.05, 0) is 35.6 Å². The number of aryl methyl sites for hydroxylation is 1. The lowest BCUT2D eigenvalue weighted by Gasteiger charge is -2.13. The van der Waals surface area contributed by atoms with Gasteiger partial charge in [-0.3, -0.25) is 0 Å². The summed E-state index contributed by atoms with van der Waals surface area (Å²) in [5.74, 6) is -0.244. The Labute approximate surface area is 128 Å². The van der Waals surface area contributed by atoms with Gasteiger partial charge >= 0.3 is 0 Å². The smallest absolute Gasteiger partial charge is 0.165 e. The van der Waals surface area contributed by atoms with Crippen LogP contribution in [0, 0.1) is 5.82 Å². The molecule has 1 aromatic carbocycles. The first kappa shape index (κ1) is 15.9. The summed E-state index contributed by atoms with van der Waals surface area (Å²) in [4.78, 5) is 1.29. The fourth-order valence-corrected chi connectivity index (χ4v) is 2.94. The van der Waals surface area contributed by atoms with E-state index >= 15 is 0 Å². The predicted molar refractivity (Wildman–Crippen MR) is 83.3 cm³/mol. The number of para-hydroxylation sites is 1. The van der Waals surface area contributed by atoms with Crippen molar-refractivity contribution in [3.05, 3.63) is 52.0 Å². The summed E-state index contributed by atoms with van der Waals surface area (Å²) in [6.45, 7) is 3.34. The largest absolute Gasteiger partial charge is 0.488 e. The van der Waals surface area contributed by atoms with Crippen LogP contribution in [-0.2, 0) is 13.0 Å². The highest BCUT2D eigenvalue weighted by molar-refractivity contribution is 7.10. The lowest BCUT2D eigenvalue weighted by Crippen LogP contribution is -2.31. The van der Waals surface area contributed by atoms with Crippen LogP contribution in [0.1, 0.15) is 17.4 Å². The molecule has 21 heavy (non-hydrogen) atoms. The van der Waals surface area contributed by atoms with Gasteiger partial charge in [-0.15, -0.1) is 11.3 Å². The Morgan fingerprint density at radius 1 is 1.33 bits per heavy atom. The van der Waals surface area contributed by atoms with E-state index in [0.717, 1.165) is 13.0 Å². The monoisotopic (exact) mass is 309 g/mol. The van der Waals surface area contributed by atoms with Crippen molar-refractivity contribution in [2.75, 3.05) is 13.2 Å². The predicted octanol–water partition coefficient (Wildman–Crippen LogP) is 2.98. The maximum Gasteiger partial charge on any atom is 0.165 e. The van der Waals surface area contributed by atoms with Crippen molar-refractivity contribution in [2.45, 2.75) is 26.0 Å². The van der Waals surface area contributed by atoms with Gasteiger partial charge in [0.2, 0.25) is 0 Å². The highest BCUT2D eigenvalue weighted by Crippen LogP contribution is 2.17. The van der Waals surface area contributed by atoms with Crippen LogP contribution >= 0.6 is 11.3 Å². The SMILES string of the molecule is CCc1ccsc1CNCC(O)COc1ccccc1F. The van der Waals surface area contributed by atoms with Gasteiger partial charge in [0.1, 0.15) is 12.7 Å². The Morgan fingerprint density at radius 2 is 2.14 bits per heavy atom. The van der Waals surface area contributed by atoms with Crippen LogP contribution in [0.2, 0.25) is 0 Å². The molecule has 0 aliphatic heterocycles. The molecule has 2 rings (SSSR count). The van der Waals surface area contributed by atoms with Crippen molar-refractivity contribution in [1.82, 2.24) is 5.32 Å². The van der Waals surface area contributed by atoms with Gasteiger partial charge in [0.15, 0.2) is 11.6 Å². The number of rotatable bonds is 8. The molecule has 0 aliphatic carbocycles. The van der Waals surface area contributed by atoms with Crippen molar-refractivity contribution in [1.29, 1.82) is 0 Å². The molecule has 0 radical (unpaired) electrons. The Hall–Kier alpha value is -1.43. The summed E-state index contributed by atoms with van der Waals surface area (Å²) in [5.41, 5.74) is 1.34.